The molecule has 2 aromatic rings. The van der Waals surface area contributed by atoms with E-state index in [1.807, 2.05) is 18.5 Å². The second kappa shape index (κ2) is 8.26. The lowest BCUT2D eigenvalue weighted by Gasteiger charge is -2.34. The lowest BCUT2D eigenvalue weighted by Crippen LogP contribution is -2.50. The summed E-state index contributed by atoms with van der Waals surface area (Å²) in [7, 11) is 1.82. The van der Waals surface area contributed by atoms with Crippen LogP contribution in [0.1, 0.15) is 24.1 Å². The molecule has 2 heterocycles. The number of aromatic nitrogens is 1. The summed E-state index contributed by atoms with van der Waals surface area (Å²) in [5.41, 5.74) is 4.06. The standard InChI is InChI=1S/C18H24N4OS/c1-21(11-17-13-24-14-19-17)18(23)20-16-8-5-9-22(12-16)10-15-6-3-2-4-7-15/h2-4,6-7,13-14,16H,5,8-12H2,1H3,(H,20,23)/t16-/m1/s1. The summed E-state index contributed by atoms with van der Waals surface area (Å²) in [4.78, 5) is 20.7. The van der Waals surface area contributed by atoms with Crippen LogP contribution in [0.4, 0.5) is 4.79 Å². The smallest absolute Gasteiger partial charge is 0.317 e. The fraction of sp³-hybridized carbons (Fsp3) is 0.444. The number of nitrogens with zero attached hydrogens (tertiary/aromatic N) is 3. The minimum absolute atomic E-state index is 0.0189. The van der Waals surface area contributed by atoms with Crippen LogP contribution in [0, 0.1) is 0 Å². The molecule has 5 nitrogen and oxygen atoms in total. The van der Waals surface area contributed by atoms with Crippen molar-refractivity contribution < 1.29 is 4.79 Å². The number of amides is 2. The molecule has 1 saturated heterocycles. The summed E-state index contributed by atoms with van der Waals surface area (Å²) in [6.07, 6.45) is 2.16. The van der Waals surface area contributed by atoms with E-state index in [4.69, 9.17) is 0 Å². The first-order chi connectivity index (χ1) is 11.7. The Labute approximate surface area is 147 Å². The van der Waals surface area contributed by atoms with Crippen LogP contribution in [0.15, 0.2) is 41.2 Å². The van der Waals surface area contributed by atoms with Gasteiger partial charge in [-0.2, -0.15) is 0 Å². The highest BCUT2D eigenvalue weighted by atomic mass is 32.1. The van der Waals surface area contributed by atoms with E-state index in [0.29, 0.717) is 6.54 Å². The number of nitrogens with one attached hydrogen (secondary N) is 1. The molecule has 0 radical (unpaired) electrons. The van der Waals surface area contributed by atoms with Crippen LogP contribution >= 0.6 is 11.3 Å². The van der Waals surface area contributed by atoms with Gasteiger partial charge in [-0.3, -0.25) is 4.90 Å². The second-order valence-electron chi connectivity index (χ2n) is 6.35. The van der Waals surface area contributed by atoms with E-state index in [2.05, 4.69) is 39.5 Å². The highest BCUT2D eigenvalue weighted by Crippen LogP contribution is 2.14. The first-order valence-corrected chi connectivity index (χ1v) is 9.30. The van der Waals surface area contributed by atoms with Crippen molar-refractivity contribution in [1.29, 1.82) is 0 Å². The van der Waals surface area contributed by atoms with Gasteiger partial charge in [-0.25, -0.2) is 9.78 Å². The Hall–Kier alpha value is -1.92. The maximum absolute atomic E-state index is 12.4. The molecule has 1 N–H and O–H groups in total. The zero-order chi connectivity index (χ0) is 16.8. The van der Waals surface area contributed by atoms with Crippen LogP contribution in [-0.4, -0.2) is 47.0 Å². The zero-order valence-corrected chi connectivity index (χ0v) is 14.8. The number of benzene rings is 1. The monoisotopic (exact) mass is 344 g/mol. The third-order valence-electron chi connectivity index (χ3n) is 4.31. The van der Waals surface area contributed by atoms with Crippen molar-refractivity contribution in [3.05, 3.63) is 52.5 Å². The van der Waals surface area contributed by atoms with Crippen LogP contribution in [0.5, 0.6) is 0 Å². The Bertz CT molecular complexity index is 632. The fourth-order valence-corrected chi connectivity index (χ4v) is 3.62. The van der Waals surface area contributed by atoms with Gasteiger partial charge in [-0.15, -0.1) is 11.3 Å². The molecule has 1 aliphatic heterocycles. The number of hydrogen-bond acceptors (Lipinski definition) is 4. The van der Waals surface area contributed by atoms with Crippen molar-refractivity contribution in [2.24, 2.45) is 0 Å². The molecular weight excluding hydrogens is 320 g/mol. The molecule has 1 aliphatic rings. The van der Waals surface area contributed by atoms with E-state index in [-0.39, 0.29) is 12.1 Å². The minimum atomic E-state index is -0.0189. The molecule has 0 bridgehead atoms. The summed E-state index contributed by atoms with van der Waals surface area (Å²) in [6, 6.07) is 10.7. The van der Waals surface area contributed by atoms with Crippen molar-refractivity contribution in [1.82, 2.24) is 20.1 Å². The molecule has 2 amide bonds. The molecule has 3 rings (SSSR count). The number of likely N-dealkylation sites (tertiary alicyclic amines) is 1. The van der Waals surface area contributed by atoms with Gasteiger partial charge in [0, 0.05) is 31.6 Å². The van der Waals surface area contributed by atoms with Crippen molar-refractivity contribution in [3.8, 4) is 0 Å². The molecule has 0 unspecified atom stereocenters. The number of thiazole rings is 1. The minimum Gasteiger partial charge on any atom is -0.334 e. The van der Waals surface area contributed by atoms with E-state index < -0.39 is 0 Å². The average molecular weight is 344 g/mol. The van der Waals surface area contributed by atoms with Crippen LogP contribution < -0.4 is 5.32 Å². The van der Waals surface area contributed by atoms with E-state index in [9.17, 15) is 4.79 Å². The molecule has 24 heavy (non-hydrogen) atoms. The SMILES string of the molecule is CN(Cc1cscn1)C(=O)N[C@@H]1CCCN(Cc2ccccc2)C1. The number of hydrogen-bond donors (Lipinski definition) is 1. The lowest BCUT2D eigenvalue weighted by atomic mass is 10.0. The van der Waals surface area contributed by atoms with Gasteiger partial charge >= 0.3 is 6.03 Å². The summed E-state index contributed by atoms with van der Waals surface area (Å²) in [5, 5.41) is 5.15. The quantitative estimate of drug-likeness (QED) is 0.907. The second-order valence-corrected chi connectivity index (χ2v) is 7.06. The Morgan fingerprint density at radius 2 is 2.25 bits per heavy atom. The molecule has 1 aromatic heterocycles. The first kappa shape index (κ1) is 16.9. The van der Waals surface area contributed by atoms with E-state index in [0.717, 1.165) is 38.2 Å². The topological polar surface area (TPSA) is 48.5 Å². The summed E-state index contributed by atoms with van der Waals surface area (Å²) < 4.78 is 0. The largest absolute Gasteiger partial charge is 0.334 e. The Morgan fingerprint density at radius 1 is 1.42 bits per heavy atom. The summed E-state index contributed by atoms with van der Waals surface area (Å²) >= 11 is 1.55. The Morgan fingerprint density at radius 3 is 3.00 bits per heavy atom. The molecule has 6 heteroatoms. The number of carbonyl (C=O) groups is 1. The molecule has 1 atom stereocenters. The number of piperidine rings is 1. The molecule has 1 aromatic carbocycles. The molecule has 0 spiro atoms. The first-order valence-electron chi connectivity index (χ1n) is 8.35. The van der Waals surface area contributed by atoms with E-state index in [1.165, 1.54) is 5.56 Å². The normalized spacial score (nSPS) is 18.3. The van der Waals surface area contributed by atoms with Crippen molar-refractivity contribution in [2.75, 3.05) is 20.1 Å². The van der Waals surface area contributed by atoms with Crippen LogP contribution in [0.25, 0.3) is 0 Å². The maximum Gasteiger partial charge on any atom is 0.317 e. The lowest BCUT2D eigenvalue weighted by molar-refractivity contribution is 0.167. The van der Waals surface area contributed by atoms with Gasteiger partial charge in [0.1, 0.15) is 0 Å². The third kappa shape index (κ3) is 4.79. The molecular formula is C18H24N4OS. The van der Waals surface area contributed by atoms with Crippen molar-refractivity contribution >= 4 is 17.4 Å². The Kier molecular flexibility index (Phi) is 5.82. The summed E-state index contributed by atoms with van der Waals surface area (Å²) in [6.45, 7) is 3.50. The van der Waals surface area contributed by atoms with Gasteiger partial charge in [0.2, 0.25) is 0 Å². The molecule has 1 fully saturated rings. The van der Waals surface area contributed by atoms with Gasteiger partial charge in [-0.1, -0.05) is 30.3 Å². The van der Waals surface area contributed by atoms with Gasteiger partial charge < -0.3 is 10.2 Å². The van der Waals surface area contributed by atoms with E-state index >= 15 is 0 Å². The highest BCUT2D eigenvalue weighted by molar-refractivity contribution is 7.07. The number of urea groups is 1. The molecule has 128 valence electrons. The highest BCUT2D eigenvalue weighted by Gasteiger charge is 2.22. The van der Waals surface area contributed by atoms with Crippen LogP contribution in [-0.2, 0) is 13.1 Å². The molecule has 0 saturated carbocycles. The van der Waals surface area contributed by atoms with E-state index in [1.54, 1.807) is 21.7 Å². The van der Waals surface area contributed by atoms with Gasteiger partial charge in [0.25, 0.3) is 0 Å². The van der Waals surface area contributed by atoms with Gasteiger partial charge in [-0.05, 0) is 24.9 Å². The van der Waals surface area contributed by atoms with Crippen LogP contribution in [0.3, 0.4) is 0 Å². The van der Waals surface area contributed by atoms with Crippen molar-refractivity contribution in [2.45, 2.75) is 32.0 Å². The number of rotatable bonds is 5. The fourth-order valence-electron chi connectivity index (χ4n) is 3.07. The Balaban J connectivity index is 1.48. The van der Waals surface area contributed by atoms with Gasteiger partial charge in [0.05, 0.1) is 17.7 Å². The predicted molar refractivity (Wildman–Crippen MR) is 96.9 cm³/mol. The zero-order valence-electron chi connectivity index (χ0n) is 14.0. The third-order valence-corrected chi connectivity index (χ3v) is 4.95. The predicted octanol–water partition coefficient (Wildman–Crippen LogP) is 2.95. The summed E-state index contributed by atoms with van der Waals surface area (Å²) in [5.74, 6) is 0. The average Bonchev–Trinajstić information content (AvgIpc) is 3.09. The van der Waals surface area contributed by atoms with Gasteiger partial charge in [0.15, 0.2) is 0 Å². The number of carbonyl (C=O) groups excluding carboxylic acids is 1. The maximum atomic E-state index is 12.4. The van der Waals surface area contributed by atoms with Crippen molar-refractivity contribution in [3.63, 3.8) is 0 Å². The molecule has 0 aliphatic carbocycles. The van der Waals surface area contributed by atoms with Crippen LogP contribution in [0.2, 0.25) is 0 Å².